The van der Waals surface area contributed by atoms with E-state index in [2.05, 4.69) is 5.32 Å². The van der Waals surface area contributed by atoms with Crippen molar-refractivity contribution in [2.45, 2.75) is 37.6 Å². The number of anilines is 1. The van der Waals surface area contributed by atoms with Crippen LogP contribution in [0.25, 0.3) is 0 Å². The number of nitrogens with zero attached hydrogens (tertiary/aromatic N) is 1. The van der Waals surface area contributed by atoms with E-state index in [4.69, 9.17) is 16.3 Å². The summed E-state index contributed by atoms with van der Waals surface area (Å²) in [6.45, 7) is 3.44. The van der Waals surface area contributed by atoms with Crippen LogP contribution < -0.4 is 5.32 Å². The van der Waals surface area contributed by atoms with Crippen LogP contribution in [0.3, 0.4) is 0 Å². The van der Waals surface area contributed by atoms with Gasteiger partial charge in [-0.2, -0.15) is 0 Å². The lowest BCUT2D eigenvalue weighted by atomic mass is 10.2. The van der Waals surface area contributed by atoms with Crippen molar-refractivity contribution in [1.82, 2.24) is 4.90 Å². The van der Waals surface area contributed by atoms with E-state index in [1.54, 1.807) is 28.8 Å². The number of carbonyl (C=O) groups excluding carboxylic acids is 3. The minimum absolute atomic E-state index is 0.0367. The van der Waals surface area contributed by atoms with E-state index < -0.39 is 24.5 Å². The third-order valence-electron chi connectivity index (χ3n) is 4.46. The SMILES string of the molecule is Cc1ccc(NC(=O)COC(=O)[C@@H]2CS[C@]3(C)CCC(=O)N23)c(Cl)c1. The summed E-state index contributed by atoms with van der Waals surface area (Å²) in [6.07, 6.45) is 1.17. The van der Waals surface area contributed by atoms with E-state index in [1.165, 1.54) is 0 Å². The lowest BCUT2D eigenvalue weighted by Crippen LogP contribution is -2.47. The van der Waals surface area contributed by atoms with Crippen LogP contribution in [0.2, 0.25) is 5.02 Å². The maximum atomic E-state index is 12.3. The number of rotatable bonds is 4. The van der Waals surface area contributed by atoms with Gasteiger partial charge in [0.15, 0.2) is 6.61 Å². The van der Waals surface area contributed by atoms with E-state index in [-0.39, 0.29) is 10.8 Å². The molecule has 0 unspecified atom stereocenters. The molecular formula is C17H19ClN2O4S. The van der Waals surface area contributed by atoms with Gasteiger partial charge in [-0.15, -0.1) is 11.8 Å². The van der Waals surface area contributed by atoms with Crippen LogP contribution in [0.1, 0.15) is 25.3 Å². The lowest BCUT2D eigenvalue weighted by Gasteiger charge is -2.29. The molecule has 8 heteroatoms. The van der Waals surface area contributed by atoms with Crippen molar-refractivity contribution in [2.75, 3.05) is 17.7 Å². The fraction of sp³-hybridized carbons (Fsp3) is 0.471. The molecule has 2 atom stereocenters. The third kappa shape index (κ3) is 3.62. The van der Waals surface area contributed by atoms with Crippen molar-refractivity contribution in [3.05, 3.63) is 28.8 Å². The molecule has 0 saturated carbocycles. The molecule has 2 aliphatic heterocycles. The van der Waals surface area contributed by atoms with Crippen LogP contribution >= 0.6 is 23.4 Å². The van der Waals surface area contributed by atoms with E-state index in [9.17, 15) is 14.4 Å². The number of hydrogen-bond donors (Lipinski definition) is 1. The van der Waals surface area contributed by atoms with Gasteiger partial charge in [0.2, 0.25) is 5.91 Å². The van der Waals surface area contributed by atoms with Gasteiger partial charge in [-0.05, 0) is 38.0 Å². The van der Waals surface area contributed by atoms with Gasteiger partial charge in [0.1, 0.15) is 6.04 Å². The molecule has 25 heavy (non-hydrogen) atoms. The third-order valence-corrected chi connectivity index (χ3v) is 6.28. The molecule has 0 spiro atoms. The minimum atomic E-state index is -0.624. The topological polar surface area (TPSA) is 75.7 Å². The molecule has 2 aliphatic rings. The van der Waals surface area contributed by atoms with Crippen LogP contribution in [0.5, 0.6) is 0 Å². The van der Waals surface area contributed by atoms with Gasteiger partial charge in [-0.1, -0.05) is 17.7 Å². The molecule has 2 saturated heterocycles. The van der Waals surface area contributed by atoms with E-state index in [1.807, 2.05) is 19.9 Å². The molecular weight excluding hydrogens is 364 g/mol. The fourth-order valence-corrected chi connectivity index (χ4v) is 4.83. The highest BCUT2D eigenvalue weighted by Crippen LogP contribution is 2.47. The monoisotopic (exact) mass is 382 g/mol. The summed E-state index contributed by atoms with van der Waals surface area (Å²) in [5.41, 5.74) is 1.44. The van der Waals surface area contributed by atoms with Crippen molar-refractivity contribution >= 4 is 46.8 Å². The maximum absolute atomic E-state index is 12.3. The number of hydrogen-bond acceptors (Lipinski definition) is 5. The molecule has 6 nitrogen and oxygen atoms in total. The average Bonchev–Trinajstić information content (AvgIpc) is 3.04. The number of esters is 1. The van der Waals surface area contributed by atoms with Crippen molar-refractivity contribution < 1.29 is 19.1 Å². The van der Waals surface area contributed by atoms with Gasteiger partial charge in [0.05, 0.1) is 15.6 Å². The van der Waals surface area contributed by atoms with Crippen LogP contribution in [0.4, 0.5) is 5.69 Å². The first kappa shape index (κ1) is 18.1. The van der Waals surface area contributed by atoms with Gasteiger partial charge in [-0.3, -0.25) is 9.59 Å². The Bertz CT molecular complexity index is 741. The second-order valence-electron chi connectivity index (χ2n) is 6.40. The number of benzene rings is 1. The number of carbonyl (C=O) groups is 3. The predicted molar refractivity (Wildman–Crippen MR) is 96.5 cm³/mol. The van der Waals surface area contributed by atoms with Crippen LogP contribution in [0, 0.1) is 6.92 Å². The van der Waals surface area contributed by atoms with Gasteiger partial charge < -0.3 is 15.0 Å². The van der Waals surface area contributed by atoms with Gasteiger partial charge >= 0.3 is 5.97 Å². The minimum Gasteiger partial charge on any atom is -0.454 e. The lowest BCUT2D eigenvalue weighted by molar-refractivity contribution is -0.155. The molecule has 2 fully saturated rings. The summed E-state index contributed by atoms with van der Waals surface area (Å²) < 4.78 is 5.12. The smallest absolute Gasteiger partial charge is 0.330 e. The second kappa shape index (κ2) is 6.88. The van der Waals surface area contributed by atoms with Crippen LogP contribution in [0.15, 0.2) is 18.2 Å². The zero-order valence-electron chi connectivity index (χ0n) is 14.0. The molecule has 1 aromatic rings. The van der Waals surface area contributed by atoms with Crippen LogP contribution in [-0.4, -0.2) is 46.0 Å². The quantitative estimate of drug-likeness (QED) is 0.810. The molecule has 0 radical (unpaired) electrons. The maximum Gasteiger partial charge on any atom is 0.330 e. The summed E-state index contributed by atoms with van der Waals surface area (Å²) in [5, 5.41) is 3.03. The Hall–Kier alpha value is -1.73. The highest BCUT2D eigenvalue weighted by atomic mass is 35.5. The highest BCUT2D eigenvalue weighted by molar-refractivity contribution is 8.01. The molecule has 3 rings (SSSR count). The summed E-state index contributed by atoms with van der Waals surface area (Å²) >= 11 is 7.64. The number of halogens is 1. The van der Waals surface area contributed by atoms with Gasteiger partial charge in [0.25, 0.3) is 5.91 Å². The second-order valence-corrected chi connectivity index (χ2v) is 8.31. The van der Waals surface area contributed by atoms with Crippen LogP contribution in [-0.2, 0) is 19.1 Å². The summed E-state index contributed by atoms with van der Waals surface area (Å²) in [7, 11) is 0. The Morgan fingerprint density at radius 3 is 2.96 bits per heavy atom. The number of nitrogens with one attached hydrogen (secondary N) is 1. The van der Waals surface area contributed by atoms with Gasteiger partial charge in [-0.25, -0.2) is 4.79 Å². The Morgan fingerprint density at radius 2 is 2.24 bits per heavy atom. The molecule has 2 amide bonds. The highest BCUT2D eigenvalue weighted by Gasteiger charge is 2.53. The van der Waals surface area contributed by atoms with E-state index in [0.29, 0.717) is 22.9 Å². The van der Waals surface area contributed by atoms with Crippen molar-refractivity contribution in [2.24, 2.45) is 0 Å². The zero-order valence-corrected chi connectivity index (χ0v) is 15.6. The Morgan fingerprint density at radius 1 is 1.48 bits per heavy atom. The molecule has 0 bridgehead atoms. The summed E-state index contributed by atoms with van der Waals surface area (Å²) in [6, 6.07) is 4.63. The number of thioether (sulfide) groups is 1. The molecule has 2 heterocycles. The molecule has 0 aromatic heterocycles. The van der Waals surface area contributed by atoms with E-state index >= 15 is 0 Å². The van der Waals surface area contributed by atoms with Crippen molar-refractivity contribution in [1.29, 1.82) is 0 Å². The standard InChI is InChI=1S/C17H19ClN2O4S/c1-10-3-4-12(11(18)7-10)19-14(21)8-24-16(23)13-9-25-17(2)6-5-15(22)20(13)17/h3-4,7,13H,5-6,8-9H2,1-2H3,(H,19,21)/t13-,17+/m0/s1. The number of ether oxygens (including phenoxy) is 1. The molecule has 1 N–H and O–H groups in total. The molecule has 134 valence electrons. The fourth-order valence-electron chi connectivity index (χ4n) is 3.14. The number of fused-ring (bicyclic) bond motifs is 1. The first-order valence-corrected chi connectivity index (χ1v) is 9.35. The molecule has 1 aromatic carbocycles. The summed E-state index contributed by atoms with van der Waals surface area (Å²) in [4.78, 5) is 37.6. The first-order valence-electron chi connectivity index (χ1n) is 7.99. The Kier molecular flexibility index (Phi) is 4.97. The largest absolute Gasteiger partial charge is 0.454 e. The first-order chi connectivity index (χ1) is 11.8. The summed E-state index contributed by atoms with van der Waals surface area (Å²) in [5.74, 6) is -0.561. The normalized spacial score (nSPS) is 25.0. The number of amides is 2. The average molecular weight is 383 g/mol. The molecule has 0 aliphatic carbocycles. The number of aryl methyl sites for hydroxylation is 1. The zero-order chi connectivity index (χ0) is 18.2. The van der Waals surface area contributed by atoms with Gasteiger partial charge in [0, 0.05) is 12.2 Å². The van der Waals surface area contributed by atoms with E-state index in [0.717, 1.165) is 12.0 Å². The Balaban J connectivity index is 1.55. The van der Waals surface area contributed by atoms with Crippen molar-refractivity contribution in [3.63, 3.8) is 0 Å². The predicted octanol–water partition coefficient (Wildman–Crippen LogP) is 2.58. The van der Waals surface area contributed by atoms with Crippen molar-refractivity contribution in [3.8, 4) is 0 Å². The Labute approximate surface area is 155 Å².